The third-order valence-corrected chi connectivity index (χ3v) is 5.38. The van der Waals surface area contributed by atoms with E-state index in [1.165, 1.54) is 11.3 Å². The highest BCUT2D eigenvalue weighted by Crippen LogP contribution is 2.32. The van der Waals surface area contributed by atoms with E-state index >= 15 is 0 Å². The van der Waals surface area contributed by atoms with Crippen LogP contribution < -0.4 is 5.32 Å². The minimum Gasteiger partial charge on any atom is -0.301 e. The first kappa shape index (κ1) is 17.5. The molecule has 0 saturated heterocycles. The van der Waals surface area contributed by atoms with Crippen LogP contribution >= 0.6 is 23.1 Å². The SMILES string of the molecule is CCC(C)SC(C)(C)C(=O)Nc1nc(C(C)(C)C)cs1. The number of hydrogen-bond acceptors (Lipinski definition) is 4. The average molecular weight is 315 g/mol. The Bertz CT molecular complexity index is 461. The van der Waals surface area contributed by atoms with Gasteiger partial charge in [0.1, 0.15) is 0 Å². The first-order valence-electron chi connectivity index (χ1n) is 7.01. The van der Waals surface area contributed by atoms with Gasteiger partial charge in [0.15, 0.2) is 5.13 Å². The van der Waals surface area contributed by atoms with Crippen LogP contribution in [0.1, 0.15) is 60.6 Å². The highest BCUT2D eigenvalue weighted by molar-refractivity contribution is 8.01. The van der Waals surface area contributed by atoms with Crippen molar-refractivity contribution in [3.63, 3.8) is 0 Å². The molecular weight excluding hydrogens is 288 g/mol. The summed E-state index contributed by atoms with van der Waals surface area (Å²) in [5.74, 6) is 0.0256. The lowest BCUT2D eigenvalue weighted by Gasteiger charge is -2.25. The third kappa shape index (κ3) is 4.77. The fraction of sp³-hybridized carbons (Fsp3) is 0.733. The van der Waals surface area contributed by atoms with E-state index in [9.17, 15) is 4.79 Å². The summed E-state index contributed by atoms with van der Waals surface area (Å²) in [4.78, 5) is 16.9. The summed E-state index contributed by atoms with van der Waals surface area (Å²) in [6.45, 7) is 14.6. The van der Waals surface area contributed by atoms with Crippen molar-refractivity contribution in [3.05, 3.63) is 11.1 Å². The van der Waals surface area contributed by atoms with Gasteiger partial charge in [-0.05, 0) is 20.3 Å². The standard InChI is InChI=1S/C15H26N2OS2/c1-8-10(2)20-15(6,7)12(18)17-13-16-11(9-19-13)14(3,4)5/h9-10H,8H2,1-7H3,(H,16,17,18). The lowest BCUT2D eigenvalue weighted by Crippen LogP contribution is -2.35. The van der Waals surface area contributed by atoms with E-state index in [0.717, 1.165) is 12.1 Å². The molecule has 114 valence electrons. The van der Waals surface area contributed by atoms with E-state index in [-0.39, 0.29) is 11.3 Å². The second-order valence-electron chi connectivity index (χ2n) is 6.59. The van der Waals surface area contributed by atoms with Crippen LogP contribution in [0.15, 0.2) is 5.38 Å². The first-order valence-corrected chi connectivity index (χ1v) is 8.77. The number of amides is 1. The molecule has 1 unspecified atom stereocenters. The Hall–Kier alpha value is -0.550. The second kappa shape index (κ2) is 6.48. The Morgan fingerprint density at radius 2 is 2.00 bits per heavy atom. The van der Waals surface area contributed by atoms with Crippen LogP contribution in [0.2, 0.25) is 0 Å². The Balaban J connectivity index is 2.73. The van der Waals surface area contributed by atoms with Crippen LogP contribution in [0.5, 0.6) is 0 Å². The highest BCUT2D eigenvalue weighted by atomic mass is 32.2. The molecule has 1 N–H and O–H groups in total. The van der Waals surface area contributed by atoms with Gasteiger partial charge < -0.3 is 5.32 Å². The smallest absolute Gasteiger partial charge is 0.241 e. The van der Waals surface area contributed by atoms with Crippen LogP contribution in [0.3, 0.4) is 0 Å². The molecule has 3 nitrogen and oxygen atoms in total. The summed E-state index contributed by atoms with van der Waals surface area (Å²) in [6, 6.07) is 0. The van der Waals surface area contributed by atoms with E-state index in [0.29, 0.717) is 10.4 Å². The summed E-state index contributed by atoms with van der Waals surface area (Å²) in [7, 11) is 0. The van der Waals surface area contributed by atoms with Gasteiger partial charge in [0, 0.05) is 16.0 Å². The molecule has 1 amide bonds. The number of carbonyl (C=O) groups excluding carboxylic acids is 1. The van der Waals surface area contributed by atoms with Crippen molar-refractivity contribution in [3.8, 4) is 0 Å². The molecule has 0 fully saturated rings. The van der Waals surface area contributed by atoms with Crippen LogP contribution in [0, 0.1) is 0 Å². The average Bonchev–Trinajstić information content (AvgIpc) is 2.76. The van der Waals surface area contributed by atoms with Gasteiger partial charge in [-0.3, -0.25) is 4.79 Å². The fourth-order valence-corrected chi connectivity index (χ4v) is 3.83. The molecule has 1 rings (SSSR count). The molecule has 0 aliphatic carbocycles. The predicted octanol–water partition coefficient (Wildman–Crippen LogP) is 4.69. The minimum absolute atomic E-state index is 0.0144. The number of carbonyl (C=O) groups is 1. The van der Waals surface area contributed by atoms with E-state index < -0.39 is 4.75 Å². The zero-order chi connectivity index (χ0) is 15.6. The predicted molar refractivity (Wildman–Crippen MR) is 90.9 cm³/mol. The molecule has 1 heterocycles. The molecule has 20 heavy (non-hydrogen) atoms. The molecule has 1 atom stereocenters. The molecule has 0 aromatic carbocycles. The summed E-state index contributed by atoms with van der Waals surface area (Å²) in [5, 5.41) is 6.13. The molecule has 0 spiro atoms. The third-order valence-electron chi connectivity index (χ3n) is 3.11. The fourth-order valence-electron chi connectivity index (χ4n) is 1.56. The highest BCUT2D eigenvalue weighted by Gasteiger charge is 2.31. The van der Waals surface area contributed by atoms with Crippen LogP contribution in [0.4, 0.5) is 5.13 Å². The molecule has 5 heteroatoms. The number of thiazole rings is 1. The number of nitrogens with one attached hydrogen (secondary N) is 1. The van der Waals surface area contributed by atoms with Gasteiger partial charge in [0.05, 0.1) is 10.4 Å². The maximum atomic E-state index is 12.4. The Morgan fingerprint density at radius 1 is 1.40 bits per heavy atom. The topological polar surface area (TPSA) is 42.0 Å². The van der Waals surface area contributed by atoms with Crippen molar-refractivity contribution in [1.82, 2.24) is 4.98 Å². The van der Waals surface area contributed by atoms with Crippen molar-refractivity contribution in [2.45, 2.75) is 70.3 Å². The number of anilines is 1. The van der Waals surface area contributed by atoms with Crippen molar-refractivity contribution >= 4 is 34.1 Å². The molecule has 1 aromatic heterocycles. The van der Waals surface area contributed by atoms with Crippen LogP contribution in [-0.4, -0.2) is 20.9 Å². The normalized spacial score (nSPS) is 14.2. The summed E-state index contributed by atoms with van der Waals surface area (Å²) in [6.07, 6.45) is 1.06. The number of nitrogens with zero attached hydrogens (tertiary/aromatic N) is 1. The van der Waals surface area contributed by atoms with Crippen molar-refractivity contribution in [2.75, 3.05) is 5.32 Å². The van der Waals surface area contributed by atoms with E-state index in [1.807, 2.05) is 19.2 Å². The molecule has 0 bridgehead atoms. The van der Waals surface area contributed by atoms with Crippen molar-refractivity contribution in [2.24, 2.45) is 0 Å². The first-order chi connectivity index (χ1) is 9.06. The molecule has 0 aliphatic rings. The quantitative estimate of drug-likeness (QED) is 0.857. The van der Waals surface area contributed by atoms with E-state index in [2.05, 4.69) is 44.9 Å². The van der Waals surface area contributed by atoms with Gasteiger partial charge in [-0.2, -0.15) is 0 Å². The Kier molecular flexibility index (Phi) is 5.67. The monoisotopic (exact) mass is 314 g/mol. The number of rotatable bonds is 5. The van der Waals surface area contributed by atoms with Crippen LogP contribution in [0.25, 0.3) is 0 Å². The van der Waals surface area contributed by atoms with Gasteiger partial charge in [0.2, 0.25) is 5.91 Å². The minimum atomic E-state index is -0.441. The Morgan fingerprint density at radius 3 is 2.45 bits per heavy atom. The molecule has 0 aliphatic heterocycles. The summed E-state index contributed by atoms with van der Waals surface area (Å²) < 4.78 is -0.441. The maximum absolute atomic E-state index is 12.4. The Labute approximate surface area is 131 Å². The summed E-state index contributed by atoms with van der Waals surface area (Å²) >= 11 is 3.20. The molecular formula is C15H26N2OS2. The van der Waals surface area contributed by atoms with Crippen LogP contribution in [-0.2, 0) is 10.2 Å². The van der Waals surface area contributed by atoms with Gasteiger partial charge in [-0.25, -0.2) is 4.98 Å². The second-order valence-corrected chi connectivity index (χ2v) is 9.51. The zero-order valence-corrected chi connectivity index (χ0v) is 15.2. The number of aromatic nitrogens is 1. The summed E-state index contributed by atoms with van der Waals surface area (Å²) in [5.41, 5.74) is 1.03. The van der Waals surface area contributed by atoms with Crippen molar-refractivity contribution in [1.29, 1.82) is 0 Å². The van der Waals surface area contributed by atoms with Gasteiger partial charge in [0.25, 0.3) is 0 Å². The van der Waals surface area contributed by atoms with Gasteiger partial charge >= 0.3 is 0 Å². The van der Waals surface area contributed by atoms with Crippen molar-refractivity contribution < 1.29 is 4.79 Å². The van der Waals surface area contributed by atoms with Gasteiger partial charge in [-0.1, -0.05) is 34.6 Å². The lowest BCUT2D eigenvalue weighted by atomic mass is 9.93. The molecule has 0 saturated carbocycles. The largest absolute Gasteiger partial charge is 0.301 e. The zero-order valence-electron chi connectivity index (χ0n) is 13.5. The molecule has 0 radical (unpaired) electrons. The number of thioether (sulfide) groups is 1. The molecule has 1 aromatic rings. The maximum Gasteiger partial charge on any atom is 0.241 e. The number of hydrogen-bond donors (Lipinski definition) is 1. The van der Waals surface area contributed by atoms with E-state index in [1.54, 1.807) is 11.8 Å². The lowest BCUT2D eigenvalue weighted by molar-refractivity contribution is -0.117. The van der Waals surface area contributed by atoms with Gasteiger partial charge in [-0.15, -0.1) is 23.1 Å². The van der Waals surface area contributed by atoms with E-state index in [4.69, 9.17) is 0 Å².